The molecule has 0 atom stereocenters. The van der Waals surface area contributed by atoms with E-state index in [0.29, 0.717) is 14.5 Å². The highest BCUT2D eigenvalue weighted by Gasteiger charge is 2.17. The maximum Gasteiger partial charge on any atom is 0.339 e. The molecule has 0 bridgehead atoms. The van der Waals surface area contributed by atoms with E-state index in [9.17, 15) is 9.90 Å². The number of aromatic carboxylic acids is 1. The molecule has 13 heavy (non-hydrogen) atoms. The fourth-order valence-electron chi connectivity index (χ4n) is 0.966. The second-order valence-electron chi connectivity index (χ2n) is 2.49. The molecule has 1 aromatic rings. The smallest absolute Gasteiger partial charge is 0.339 e. The third-order valence-corrected chi connectivity index (χ3v) is 3.09. The number of phenols is 1. The Morgan fingerprint density at radius 2 is 1.92 bits per heavy atom. The molecule has 1 rings (SSSR count). The largest absolute Gasteiger partial charge is 0.506 e. The summed E-state index contributed by atoms with van der Waals surface area (Å²) in [4.78, 5) is 10.7. The van der Waals surface area contributed by atoms with Crippen molar-refractivity contribution in [3.05, 3.63) is 26.1 Å². The van der Waals surface area contributed by atoms with Crippen molar-refractivity contribution in [1.82, 2.24) is 0 Å². The molecule has 0 amide bonds. The molecule has 0 aliphatic carbocycles. The molecule has 0 heterocycles. The number of carbonyl (C=O) groups is 1. The van der Waals surface area contributed by atoms with Crippen LogP contribution >= 0.6 is 31.9 Å². The molecule has 2 N–H and O–H groups in total. The van der Waals surface area contributed by atoms with Crippen LogP contribution in [0.2, 0.25) is 0 Å². The van der Waals surface area contributed by atoms with Gasteiger partial charge in [0.25, 0.3) is 0 Å². The van der Waals surface area contributed by atoms with E-state index in [1.165, 1.54) is 0 Å². The number of aromatic hydroxyl groups is 1. The van der Waals surface area contributed by atoms with Gasteiger partial charge in [0.2, 0.25) is 0 Å². The first-order chi connectivity index (χ1) is 5.95. The van der Waals surface area contributed by atoms with E-state index in [1.807, 2.05) is 0 Å². The minimum absolute atomic E-state index is 0.0822. The van der Waals surface area contributed by atoms with Crippen LogP contribution in [0.25, 0.3) is 0 Å². The van der Waals surface area contributed by atoms with Crippen molar-refractivity contribution in [2.24, 2.45) is 0 Å². The van der Waals surface area contributed by atoms with Crippen molar-refractivity contribution >= 4 is 37.8 Å². The molecule has 0 unspecified atom stereocenters. The highest BCUT2D eigenvalue weighted by atomic mass is 79.9. The average molecular weight is 310 g/mol. The van der Waals surface area contributed by atoms with E-state index in [0.717, 1.165) is 0 Å². The summed E-state index contributed by atoms with van der Waals surface area (Å²) in [6.07, 6.45) is 0. The summed E-state index contributed by atoms with van der Waals surface area (Å²) < 4.78 is 1.01. The van der Waals surface area contributed by atoms with Crippen molar-refractivity contribution in [2.75, 3.05) is 0 Å². The van der Waals surface area contributed by atoms with Gasteiger partial charge in [0.1, 0.15) is 11.3 Å². The molecule has 5 heteroatoms. The number of benzene rings is 1. The maximum atomic E-state index is 10.7. The van der Waals surface area contributed by atoms with Crippen LogP contribution in [-0.2, 0) is 0 Å². The number of rotatable bonds is 1. The minimum Gasteiger partial charge on any atom is -0.506 e. The van der Waals surface area contributed by atoms with E-state index in [1.54, 1.807) is 13.0 Å². The zero-order chi connectivity index (χ0) is 10.2. The Bertz CT molecular complexity index is 348. The number of carboxylic acid groups (broad SMARTS) is 1. The van der Waals surface area contributed by atoms with Crippen LogP contribution in [0.1, 0.15) is 15.9 Å². The summed E-state index contributed by atoms with van der Waals surface area (Å²) in [5, 5.41) is 18.2. The van der Waals surface area contributed by atoms with E-state index in [-0.39, 0.29) is 11.3 Å². The first-order valence-electron chi connectivity index (χ1n) is 3.36. The molecular weight excluding hydrogens is 304 g/mol. The Labute approximate surface area is 91.6 Å². The van der Waals surface area contributed by atoms with Gasteiger partial charge >= 0.3 is 5.97 Å². The molecule has 3 nitrogen and oxygen atoms in total. The van der Waals surface area contributed by atoms with Crippen LogP contribution in [0.3, 0.4) is 0 Å². The molecule has 70 valence electrons. The van der Waals surface area contributed by atoms with Crippen molar-refractivity contribution in [3.63, 3.8) is 0 Å². The lowest BCUT2D eigenvalue weighted by atomic mass is 10.1. The zero-order valence-electron chi connectivity index (χ0n) is 6.64. The van der Waals surface area contributed by atoms with E-state index in [4.69, 9.17) is 5.11 Å². The first kappa shape index (κ1) is 10.5. The van der Waals surface area contributed by atoms with E-state index in [2.05, 4.69) is 31.9 Å². The van der Waals surface area contributed by atoms with Gasteiger partial charge in [-0.1, -0.05) is 15.9 Å². The fraction of sp³-hybridized carbons (Fsp3) is 0.125. The standard InChI is InChI=1S/C8H6Br2O3/c1-3-4(9)2-5(10)7(11)6(3)8(12)13/h2,11H,1H3,(H,12,13). The lowest BCUT2D eigenvalue weighted by molar-refractivity contribution is 0.0692. The second-order valence-corrected chi connectivity index (χ2v) is 4.20. The summed E-state index contributed by atoms with van der Waals surface area (Å²) in [6, 6.07) is 1.61. The predicted octanol–water partition coefficient (Wildman–Crippen LogP) is 2.92. The maximum absolute atomic E-state index is 10.7. The summed E-state index contributed by atoms with van der Waals surface area (Å²) in [7, 11) is 0. The summed E-state index contributed by atoms with van der Waals surface area (Å²) in [5.41, 5.74) is 0.425. The van der Waals surface area contributed by atoms with E-state index < -0.39 is 5.97 Å². The molecule has 0 radical (unpaired) electrons. The quantitative estimate of drug-likeness (QED) is 0.838. The molecule has 0 aromatic heterocycles. The van der Waals surface area contributed by atoms with Crippen LogP contribution in [0.15, 0.2) is 15.0 Å². The molecule has 0 aliphatic heterocycles. The Kier molecular flexibility index (Phi) is 2.98. The van der Waals surface area contributed by atoms with Gasteiger partial charge < -0.3 is 10.2 Å². The van der Waals surface area contributed by atoms with Crippen LogP contribution in [0, 0.1) is 6.92 Å². The average Bonchev–Trinajstić information content (AvgIpc) is 2.01. The van der Waals surface area contributed by atoms with Gasteiger partial charge in [-0.3, -0.25) is 0 Å². The normalized spacial score (nSPS) is 10.1. The summed E-state index contributed by atoms with van der Waals surface area (Å²) in [5.74, 6) is -1.38. The molecule has 1 aromatic carbocycles. The van der Waals surface area contributed by atoms with E-state index >= 15 is 0 Å². The molecule has 0 aliphatic rings. The second kappa shape index (κ2) is 3.67. The molecule has 0 saturated heterocycles. The van der Waals surface area contributed by atoms with Crippen LogP contribution in [0.4, 0.5) is 0 Å². The number of hydrogen-bond donors (Lipinski definition) is 2. The number of carboxylic acids is 1. The Hall–Kier alpha value is -0.550. The Morgan fingerprint density at radius 1 is 1.38 bits per heavy atom. The SMILES string of the molecule is Cc1c(Br)cc(Br)c(O)c1C(=O)O. The lowest BCUT2D eigenvalue weighted by Gasteiger charge is -2.07. The molecular formula is C8H6Br2O3. The predicted molar refractivity (Wildman–Crippen MR) is 55.2 cm³/mol. The van der Waals surface area contributed by atoms with Crippen LogP contribution in [-0.4, -0.2) is 16.2 Å². The van der Waals surface area contributed by atoms with Gasteiger partial charge in [0.05, 0.1) is 4.47 Å². The van der Waals surface area contributed by atoms with Crippen LogP contribution < -0.4 is 0 Å². The van der Waals surface area contributed by atoms with Gasteiger partial charge in [-0.25, -0.2) is 4.79 Å². The zero-order valence-corrected chi connectivity index (χ0v) is 9.81. The first-order valence-corrected chi connectivity index (χ1v) is 4.94. The number of halogens is 2. The Morgan fingerprint density at radius 3 is 2.38 bits per heavy atom. The van der Waals surface area contributed by atoms with Crippen molar-refractivity contribution in [2.45, 2.75) is 6.92 Å². The summed E-state index contributed by atoms with van der Waals surface area (Å²) >= 11 is 6.25. The highest BCUT2D eigenvalue weighted by Crippen LogP contribution is 2.35. The topological polar surface area (TPSA) is 57.5 Å². The molecule has 0 spiro atoms. The highest BCUT2D eigenvalue weighted by molar-refractivity contribution is 9.11. The van der Waals surface area contributed by atoms with Crippen molar-refractivity contribution in [3.8, 4) is 5.75 Å². The third-order valence-electron chi connectivity index (χ3n) is 1.66. The minimum atomic E-state index is -1.14. The van der Waals surface area contributed by atoms with Crippen LogP contribution in [0.5, 0.6) is 5.75 Å². The third kappa shape index (κ3) is 1.86. The summed E-state index contributed by atoms with van der Waals surface area (Å²) in [6.45, 7) is 1.62. The lowest BCUT2D eigenvalue weighted by Crippen LogP contribution is -2.01. The molecule has 0 saturated carbocycles. The monoisotopic (exact) mass is 308 g/mol. The van der Waals surface area contributed by atoms with Gasteiger partial charge in [0, 0.05) is 4.47 Å². The van der Waals surface area contributed by atoms with Crippen molar-refractivity contribution in [1.29, 1.82) is 0 Å². The van der Waals surface area contributed by atoms with Gasteiger partial charge in [-0.2, -0.15) is 0 Å². The fourth-order valence-corrected chi connectivity index (χ4v) is 2.13. The van der Waals surface area contributed by atoms with Gasteiger partial charge in [0.15, 0.2) is 0 Å². The number of hydrogen-bond acceptors (Lipinski definition) is 2. The van der Waals surface area contributed by atoms with Crippen molar-refractivity contribution < 1.29 is 15.0 Å². The van der Waals surface area contributed by atoms with Gasteiger partial charge in [-0.15, -0.1) is 0 Å². The molecule has 0 fully saturated rings. The Balaban J connectivity index is 3.56. The van der Waals surface area contributed by atoms with Gasteiger partial charge in [-0.05, 0) is 34.5 Å².